The molecule has 1 aromatic carbocycles. The number of hydrogen-bond acceptors (Lipinski definition) is 4. The lowest BCUT2D eigenvalue weighted by atomic mass is 10.1. The molecule has 2 rings (SSSR count). The van der Waals surface area contributed by atoms with E-state index in [1.807, 2.05) is 44.2 Å². The summed E-state index contributed by atoms with van der Waals surface area (Å²) in [5.74, 6) is -0.0947. The summed E-state index contributed by atoms with van der Waals surface area (Å²) in [7, 11) is 0. The van der Waals surface area contributed by atoms with Crippen molar-refractivity contribution < 1.29 is 4.74 Å². The molecule has 1 aromatic heterocycles. The van der Waals surface area contributed by atoms with Crippen LogP contribution in [0.5, 0.6) is 6.01 Å². The molecular weight excluding hydrogens is 240 g/mol. The van der Waals surface area contributed by atoms with Crippen molar-refractivity contribution in [3.63, 3.8) is 0 Å². The molecule has 19 heavy (non-hydrogen) atoms. The second-order valence-corrected chi connectivity index (χ2v) is 4.26. The Bertz CT molecular complexity index is 583. The molecule has 1 unspecified atom stereocenters. The van der Waals surface area contributed by atoms with Crippen LogP contribution in [0.15, 0.2) is 36.4 Å². The van der Waals surface area contributed by atoms with Crippen molar-refractivity contribution >= 4 is 5.84 Å². The van der Waals surface area contributed by atoms with E-state index in [0.29, 0.717) is 5.69 Å². The summed E-state index contributed by atoms with van der Waals surface area (Å²) in [5, 5.41) is 7.41. The SMILES string of the molecule is Cc1cc(C(=N)N)nc(OC(C)c2ccccc2)n1. The quantitative estimate of drug-likeness (QED) is 0.648. The second kappa shape index (κ2) is 5.48. The molecule has 0 aliphatic rings. The van der Waals surface area contributed by atoms with Crippen molar-refractivity contribution in [3.8, 4) is 6.01 Å². The van der Waals surface area contributed by atoms with Crippen molar-refractivity contribution in [2.24, 2.45) is 5.73 Å². The van der Waals surface area contributed by atoms with Crippen LogP contribution < -0.4 is 10.5 Å². The Morgan fingerprint density at radius 3 is 2.58 bits per heavy atom. The predicted molar refractivity (Wildman–Crippen MR) is 73.3 cm³/mol. The van der Waals surface area contributed by atoms with Gasteiger partial charge in [-0.3, -0.25) is 5.41 Å². The summed E-state index contributed by atoms with van der Waals surface area (Å²) >= 11 is 0. The van der Waals surface area contributed by atoms with E-state index in [4.69, 9.17) is 15.9 Å². The van der Waals surface area contributed by atoms with E-state index >= 15 is 0 Å². The minimum Gasteiger partial charge on any atom is -0.456 e. The van der Waals surface area contributed by atoms with E-state index in [-0.39, 0.29) is 18.0 Å². The van der Waals surface area contributed by atoms with Crippen LogP contribution in [0, 0.1) is 12.3 Å². The lowest BCUT2D eigenvalue weighted by molar-refractivity contribution is 0.206. The summed E-state index contributed by atoms with van der Waals surface area (Å²) in [6.07, 6.45) is -0.164. The number of nitrogens with two attached hydrogens (primary N) is 1. The minimum atomic E-state index is -0.164. The number of nitrogens with zero attached hydrogens (tertiary/aromatic N) is 2. The lowest BCUT2D eigenvalue weighted by Gasteiger charge is -2.14. The number of aryl methyl sites for hydroxylation is 1. The zero-order valence-corrected chi connectivity index (χ0v) is 10.9. The number of hydrogen-bond donors (Lipinski definition) is 2. The first-order chi connectivity index (χ1) is 9.06. The van der Waals surface area contributed by atoms with Gasteiger partial charge in [0, 0.05) is 5.69 Å². The molecule has 98 valence electrons. The molecule has 0 saturated carbocycles. The van der Waals surface area contributed by atoms with Gasteiger partial charge in [-0.1, -0.05) is 30.3 Å². The average Bonchev–Trinajstić information content (AvgIpc) is 2.39. The van der Waals surface area contributed by atoms with Crippen molar-refractivity contribution in [1.29, 1.82) is 5.41 Å². The lowest BCUT2D eigenvalue weighted by Crippen LogP contribution is -2.15. The molecule has 0 radical (unpaired) electrons. The van der Waals surface area contributed by atoms with Gasteiger partial charge in [-0.15, -0.1) is 0 Å². The molecule has 5 heteroatoms. The van der Waals surface area contributed by atoms with Crippen LogP contribution >= 0.6 is 0 Å². The van der Waals surface area contributed by atoms with Crippen LogP contribution in [-0.4, -0.2) is 15.8 Å². The highest BCUT2D eigenvalue weighted by Crippen LogP contribution is 2.18. The first-order valence-electron chi connectivity index (χ1n) is 5.98. The normalized spacial score (nSPS) is 11.9. The third-order valence-electron chi connectivity index (χ3n) is 2.66. The topological polar surface area (TPSA) is 84.9 Å². The molecule has 0 bridgehead atoms. The highest BCUT2D eigenvalue weighted by atomic mass is 16.5. The summed E-state index contributed by atoms with van der Waals surface area (Å²) in [6.45, 7) is 3.74. The molecule has 0 aliphatic heterocycles. The smallest absolute Gasteiger partial charge is 0.317 e. The Balaban J connectivity index is 2.21. The van der Waals surface area contributed by atoms with Crippen molar-refractivity contribution in [2.75, 3.05) is 0 Å². The number of nitrogens with one attached hydrogen (secondary N) is 1. The Morgan fingerprint density at radius 2 is 1.95 bits per heavy atom. The highest BCUT2D eigenvalue weighted by Gasteiger charge is 2.11. The van der Waals surface area contributed by atoms with E-state index in [9.17, 15) is 0 Å². The monoisotopic (exact) mass is 256 g/mol. The third kappa shape index (κ3) is 3.28. The fourth-order valence-corrected chi connectivity index (χ4v) is 1.68. The predicted octanol–water partition coefficient (Wildman–Crippen LogP) is 2.21. The number of benzene rings is 1. The van der Waals surface area contributed by atoms with Crippen LogP contribution in [0.25, 0.3) is 0 Å². The number of ether oxygens (including phenoxy) is 1. The largest absolute Gasteiger partial charge is 0.456 e. The molecule has 0 amide bonds. The van der Waals surface area contributed by atoms with Crippen molar-refractivity contribution in [1.82, 2.24) is 9.97 Å². The maximum atomic E-state index is 7.41. The molecular formula is C14H16N4O. The molecule has 0 aliphatic carbocycles. The summed E-state index contributed by atoms with van der Waals surface area (Å²) < 4.78 is 5.70. The van der Waals surface area contributed by atoms with E-state index in [0.717, 1.165) is 11.3 Å². The van der Waals surface area contributed by atoms with Gasteiger partial charge in [0.1, 0.15) is 17.6 Å². The molecule has 5 nitrogen and oxygen atoms in total. The Morgan fingerprint density at radius 1 is 1.26 bits per heavy atom. The third-order valence-corrected chi connectivity index (χ3v) is 2.66. The first kappa shape index (κ1) is 13.0. The van der Waals surface area contributed by atoms with Gasteiger partial charge >= 0.3 is 6.01 Å². The summed E-state index contributed by atoms with van der Waals surface area (Å²) in [5.41, 5.74) is 7.57. The fourth-order valence-electron chi connectivity index (χ4n) is 1.68. The number of nitrogen functional groups attached to an aromatic ring is 1. The number of amidine groups is 1. The minimum absolute atomic E-state index is 0.0947. The van der Waals surface area contributed by atoms with Gasteiger partial charge in [-0.05, 0) is 25.5 Å². The van der Waals surface area contributed by atoms with Crippen LogP contribution in [0.4, 0.5) is 0 Å². The molecule has 1 heterocycles. The molecule has 0 fully saturated rings. The highest BCUT2D eigenvalue weighted by molar-refractivity contribution is 5.93. The Kier molecular flexibility index (Phi) is 3.75. The zero-order chi connectivity index (χ0) is 13.8. The van der Waals surface area contributed by atoms with Gasteiger partial charge in [0.05, 0.1) is 0 Å². The standard InChI is InChI=1S/C14H16N4O/c1-9-8-12(13(15)16)18-14(17-9)19-10(2)11-6-4-3-5-7-11/h3-8,10H,1-2H3,(H3,15,16). The average molecular weight is 256 g/mol. The van der Waals surface area contributed by atoms with Gasteiger partial charge < -0.3 is 10.5 Å². The Hall–Kier alpha value is -2.43. The zero-order valence-electron chi connectivity index (χ0n) is 10.9. The van der Waals surface area contributed by atoms with Crippen LogP contribution in [0.2, 0.25) is 0 Å². The number of aromatic nitrogens is 2. The first-order valence-corrected chi connectivity index (χ1v) is 5.98. The van der Waals surface area contributed by atoms with Crippen LogP contribution in [0.3, 0.4) is 0 Å². The second-order valence-electron chi connectivity index (χ2n) is 4.26. The van der Waals surface area contributed by atoms with Gasteiger partial charge in [-0.2, -0.15) is 4.98 Å². The maximum Gasteiger partial charge on any atom is 0.317 e. The van der Waals surface area contributed by atoms with Gasteiger partial charge in [0.25, 0.3) is 0 Å². The van der Waals surface area contributed by atoms with Gasteiger partial charge in [-0.25, -0.2) is 4.98 Å². The molecule has 0 spiro atoms. The van der Waals surface area contributed by atoms with Crippen LogP contribution in [-0.2, 0) is 0 Å². The van der Waals surface area contributed by atoms with E-state index in [1.54, 1.807) is 6.07 Å². The summed E-state index contributed by atoms with van der Waals surface area (Å²) in [6, 6.07) is 11.7. The Labute approximate surface area is 112 Å². The van der Waals surface area contributed by atoms with E-state index in [1.165, 1.54) is 0 Å². The van der Waals surface area contributed by atoms with E-state index in [2.05, 4.69) is 9.97 Å². The molecule has 2 aromatic rings. The van der Waals surface area contributed by atoms with Crippen LogP contribution in [0.1, 0.15) is 30.0 Å². The van der Waals surface area contributed by atoms with Crippen molar-refractivity contribution in [3.05, 3.63) is 53.3 Å². The van der Waals surface area contributed by atoms with Gasteiger partial charge in [0.2, 0.25) is 0 Å². The van der Waals surface area contributed by atoms with E-state index < -0.39 is 0 Å². The molecule has 3 N–H and O–H groups in total. The van der Waals surface area contributed by atoms with Gasteiger partial charge in [0.15, 0.2) is 0 Å². The summed E-state index contributed by atoms with van der Waals surface area (Å²) in [4.78, 5) is 8.31. The van der Waals surface area contributed by atoms with Crippen molar-refractivity contribution in [2.45, 2.75) is 20.0 Å². The number of rotatable bonds is 4. The fraction of sp³-hybridized carbons (Fsp3) is 0.214. The molecule has 1 atom stereocenters. The maximum absolute atomic E-state index is 7.41. The molecule has 0 saturated heterocycles.